The minimum Gasteiger partial charge on any atom is -0.480 e. The lowest BCUT2D eigenvalue weighted by Gasteiger charge is -2.34. The van der Waals surface area contributed by atoms with Gasteiger partial charge >= 0.3 is 12.1 Å². The smallest absolute Gasteiger partial charge is 0.408 e. The number of amides is 4. The third kappa shape index (κ3) is 10.0. The lowest BCUT2D eigenvalue weighted by molar-refractivity contribution is -0.138. The van der Waals surface area contributed by atoms with Crippen molar-refractivity contribution >= 4 is 29.8 Å². The predicted molar refractivity (Wildman–Crippen MR) is 126 cm³/mol. The standard InChI is InChI=1S/C24H34N4O7/c1-24(2,3)35-23(34)27-18(13-16-7-5-4-6-8-16)22(33)28-11-9-17(10-12-28)21(32)26-14-19(29)25-15-20(30)31/h4-8,17-18H,9-15H2,1-3H3,(H,25,29)(H,26,32)(H,27,34)(H,30,31). The number of alkyl carbamates (subject to hydrolysis) is 1. The Kier molecular flexibility index (Phi) is 10.0. The Hall–Kier alpha value is -3.63. The maximum absolute atomic E-state index is 13.3. The van der Waals surface area contributed by atoms with Crippen LogP contribution in [0.4, 0.5) is 4.79 Å². The first-order chi connectivity index (χ1) is 16.4. The second-order valence-corrected chi connectivity index (χ2v) is 9.38. The van der Waals surface area contributed by atoms with Crippen LogP contribution in [0, 0.1) is 5.92 Å². The number of carboxylic acids is 1. The summed E-state index contributed by atoms with van der Waals surface area (Å²) in [6, 6.07) is 8.51. The molecule has 0 aliphatic carbocycles. The molecular formula is C24H34N4O7. The molecule has 11 nitrogen and oxygen atoms in total. The number of likely N-dealkylation sites (tertiary alicyclic amines) is 1. The summed E-state index contributed by atoms with van der Waals surface area (Å²) in [6.07, 6.45) is 0.421. The summed E-state index contributed by atoms with van der Waals surface area (Å²) in [6.45, 7) is 5.04. The molecule has 0 saturated carbocycles. The number of benzene rings is 1. The Morgan fingerprint density at radius 1 is 1.03 bits per heavy atom. The first-order valence-electron chi connectivity index (χ1n) is 11.5. The Morgan fingerprint density at radius 2 is 1.66 bits per heavy atom. The highest BCUT2D eigenvalue weighted by molar-refractivity contribution is 5.88. The van der Waals surface area contributed by atoms with E-state index in [1.165, 1.54) is 0 Å². The van der Waals surface area contributed by atoms with Gasteiger partial charge in [0.2, 0.25) is 17.7 Å². The maximum atomic E-state index is 13.3. The lowest BCUT2D eigenvalue weighted by atomic mass is 9.95. The number of carbonyl (C=O) groups is 5. The van der Waals surface area contributed by atoms with E-state index >= 15 is 0 Å². The summed E-state index contributed by atoms with van der Waals surface area (Å²) in [5.41, 5.74) is 0.179. The van der Waals surface area contributed by atoms with Gasteiger partial charge in [0.15, 0.2) is 0 Å². The number of nitrogens with zero attached hydrogens (tertiary/aromatic N) is 1. The van der Waals surface area contributed by atoms with E-state index in [4.69, 9.17) is 9.84 Å². The van der Waals surface area contributed by atoms with E-state index < -0.39 is 36.2 Å². The highest BCUT2D eigenvalue weighted by Gasteiger charge is 2.32. The van der Waals surface area contributed by atoms with Crippen molar-refractivity contribution in [2.24, 2.45) is 5.92 Å². The van der Waals surface area contributed by atoms with E-state index in [9.17, 15) is 24.0 Å². The third-order valence-corrected chi connectivity index (χ3v) is 5.31. The van der Waals surface area contributed by atoms with Gasteiger partial charge in [0.05, 0.1) is 6.54 Å². The fourth-order valence-electron chi connectivity index (χ4n) is 3.63. The van der Waals surface area contributed by atoms with Crippen molar-refractivity contribution in [2.75, 3.05) is 26.2 Å². The van der Waals surface area contributed by atoms with E-state index in [-0.39, 0.29) is 24.3 Å². The molecule has 35 heavy (non-hydrogen) atoms. The van der Waals surface area contributed by atoms with Crippen LogP contribution in [0.5, 0.6) is 0 Å². The molecule has 1 saturated heterocycles. The van der Waals surface area contributed by atoms with Crippen molar-refractivity contribution in [3.8, 4) is 0 Å². The van der Waals surface area contributed by atoms with Crippen LogP contribution in [0.15, 0.2) is 30.3 Å². The molecule has 0 aromatic heterocycles. The molecular weight excluding hydrogens is 456 g/mol. The van der Waals surface area contributed by atoms with E-state index in [0.29, 0.717) is 32.4 Å². The zero-order valence-corrected chi connectivity index (χ0v) is 20.3. The van der Waals surface area contributed by atoms with Crippen molar-refractivity contribution in [3.63, 3.8) is 0 Å². The zero-order chi connectivity index (χ0) is 26.0. The van der Waals surface area contributed by atoms with Crippen LogP contribution < -0.4 is 16.0 Å². The van der Waals surface area contributed by atoms with Crippen LogP contribution in [-0.2, 0) is 30.3 Å². The Labute approximate surface area is 204 Å². The van der Waals surface area contributed by atoms with Crippen LogP contribution in [-0.4, -0.2) is 77.6 Å². The zero-order valence-electron chi connectivity index (χ0n) is 20.3. The quantitative estimate of drug-likeness (QED) is 0.397. The van der Waals surface area contributed by atoms with Gasteiger partial charge in [-0.2, -0.15) is 0 Å². The molecule has 0 radical (unpaired) electrons. The average Bonchev–Trinajstić information content (AvgIpc) is 2.80. The minimum atomic E-state index is -1.17. The largest absolute Gasteiger partial charge is 0.480 e. The van der Waals surface area contributed by atoms with Crippen LogP contribution in [0.25, 0.3) is 0 Å². The molecule has 1 heterocycles. The minimum absolute atomic E-state index is 0.258. The summed E-state index contributed by atoms with van der Waals surface area (Å²) in [7, 11) is 0. The molecule has 0 spiro atoms. The summed E-state index contributed by atoms with van der Waals surface area (Å²) in [5.74, 6) is -2.72. The van der Waals surface area contributed by atoms with Crippen molar-refractivity contribution in [1.82, 2.24) is 20.9 Å². The Bertz CT molecular complexity index is 906. The average molecular weight is 491 g/mol. The molecule has 1 aromatic carbocycles. The van der Waals surface area contributed by atoms with E-state index in [1.807, 2.05) is 30.3 Å². The normalized spacial score (nSPS) is 15.0. The molecule has 1 atom stereocenters. The maximum Gasteiger partial charge on any atom is 0.408 e. The first kappa shape index (κ1) is 27.6. The fraction of sp³-hybridized carbons (Fsp3) is 0.542. The van der Waals surface area contributed by atoms with Crippen LogP contribution in [0.2, 0.25) is 0 Å². The summed E-state index contributed by atoms with van der Waals surface area (Å²) in [4.78, 5) is 61.7. The summed E-state index contributed by atoms with van der Waals surface area (Å²) in [5, 5.41) is 15.9. The van der Waals surface area contributed by atoms with Gasteiger partial charge in [-0.3, -0.25) is 19.2 Å². The van der Waals surface area contributed by atoms with Gasteiger partial charge in [-0.1, -0.05) is 30.3 Å². The SMILES string of the molecule is CC(C)(C)OC(=O)NC(Cc1ccccc1)C(=O)N1CCC(C(=O)NCC(=O)NCC(=O)O)CC1. The monoisotopic (exact) mass is 490 g/mol. The van der Waals surface area contributed by atoms with Gasteiger partial charge in [0, 0.05) is 25.4 Å². The third-order valence-electron chi connectivity index (χ3n) is 5.31. The second-order valence-electron chi connectivity index (χ2n) is 9.38. The number of rotatable bonds is 9. The van der Waals surface area contributed by atoms with E-state index in [1.54, 1.807) is 25.7 Å². The highest BCUT2D eigenvalue weighted by Crippen LogP contribution is 2.19. The van der Waals surface area contributed by atoms with Gasteiger partial charge in [0.1, 0.15) is 18.2 Å². The topological polar surface area (TPSA) is 154 Å². The fourth-order valence-corrected chi connectivity index (χ4v) is 3.63. The molecule has 2 rings (SSSR count). The number of hydrogen-bond donors (Lipinski definition) is 4. The molecule has 4 N–H and O–H groups in total. The van der Waals surface area contributed by atoms with E-state index in [0.717, 1.165) is 5.56 Å². The molecule has 192 valence electrons. The molecule has 1 fully saturated rings. The number of carbonyl (C=O) groups excluding carboxylic acids is 4. The van der Waals surface area contributed by atoms with Crippen LogP contribution >= 0.6 is 0 Å². The molecule has 1 aromatic rings. The number of piperidine rings is 1. The first-order valence-corrected chi connectivity index (χ1v) is 11.5. The van der Waals surface area contributed by atoms with Gasteiger partial charge < -0.3 is 30.7 Å². The molecule has 0 bridgehead atoms. The van der Waals surface area contributed by atoms with Crippen molar-refractivity contribution < 1.29 is 33.8 Å². The van der Waals surface area contributed by atoms with Crippen molar-refractivity contribution in [3.05, 3.63) is 35.9 Å². The second kappa shape index (κ2) is 12.7. The Balaban J connectivity index is 1.92. The summed E-state index contributed by atoms with van der Waals surface area (Å²) < 4.78 is 5.33. The van der Waals surface area contributed by atoms with Crippen molar-refractivity contribution in [2.45, 2.75) is 51.7 Å². The Morgan fingerprint density at radius 3 is 2.23 bits per heavy atom. The van der Waals surface area contributed by atoms with Crippen molar-refractivity contribution in [1.29, 1.82) is 0 Å². The number of aliphatic carboxylic acids is 1. The number of nitrogens with one attached hydrogen (secondary N) is 3. The predicted octanol–water partition coefficient (Wildman–Crippen LogP) is 0.678. The van der Waals surface area contributed by atoms with Gasteiger partial charge in [-0.25, -0.2) is 4.79 Å². The lowest BCUT2D eigenvalue weighted by Crippen LogP contribution is -2.53. The molecule has 1 aliphatic heterocycles. The summed E-state index contributed by atoms with van der Waals surface area (Å²) >= 11 is 0. The number of ether oxygens (including phenoxy) is 1. The molecule has 1 unspecified atom stereocenters. The molecule has 11 heteroatoms. The molecule has 4 amide bonds. The van der Waals surface area contributed by atoms with Gasteiger partial charge in [-0.15, -0.1) is 0 Å². The van der Waals surface area contributed by atoms with Crippen LogP contribution in [0.3, 0.4) is 0 Å². The van der Waals surface area contributed by atoms with Gasteiger partial charge in [0.25, 0.3) is 0 Å². The number of carboxylic acid groups (broad SMARTS) is 1. The van der Waals surface area contributed by atoms with E-state index in [2.05, 4.69) is 16.0 Å². The highest BCUT2D eigenvalue weighted by atomic mass is 16.6. The molecule has 1 aliphatic rings. The van der Waals surface area contributed by atoms with Gasteiger partial charge in [-0.05, 0) is 39.2 Å². The van der Waals surface area contributed by atoms with Crippen LogP contribution in [0.1, 0.15) is 39.2 Å². The number of hydrogen-bond acceptors (Lipinski definition) is 6.